The van der Waals surface area contributed by atoms with E-state index in [4.69, 9.17) is 10.5 Å². The van der Waals surface area contributed by atoms with Gasteiger partial charge in [0.05, 0.1) is 17.8 Å². The Hall–Kier alpha value is -0.870. The summed E-state index contributed by atoms with van der Waals surface area (Å²) in [4.78, 5) is 0. The highest BCUT2D eigenvalue weighted by molar-refractivity contribution is 5.08. The molecule has 0 saturated carbocycles. The molecule has 0 bridgehead atoms. The number of nitrogens with two attached hydrogens (primary N) is 1. The molecule has 4 heteroatoms. The van der Waals surface area contributed by atoms with Gasteiger partial charge in [-0.1, -0.05) is 13.3 Å². The van der Waals surface area contributed by atoms with Gasteiger partial charge in [-0.15, -0.1) is 0 Å². The van der Waals surface area contributed by atoms with E-state index in [0.717, 1.165) is 25.1 Å². The maximum Gasteiger partial charge on any atom is 0.0782 e. The Morgan fingerprint density at radius 1 is 1.44 bits per heavy atom. The number of rotatable bonds is 7. The summed E-state index contributed by atoms with van der Waals surface area (Å²) in [5, 5.41) is 4.24. The molecule has 4 nitrogen and oxygen atoms in total. The van der Waals surface area contributed by atoms with Crippen LogP contribution in [0.25, 0.3) is 0 Å². The average Bonchev–Trinajstić information content (AvgIpc) is 2.75. The highest BCUT2D eigenvalue weighted by Crippen LogP contribution is 2.20. The van der Waals surface area contributed by atoms with Gasteiger partial charge in [0, 0.05) is 19.3 Å². The zero-order valence-corrected chi connectivity index (χ0v) is 10.5. The molecule has 1 rings (SSSR count). The normalized spacial score (nSPS) is 15.0. The molecule has 0 aliphatic heterocycles. The van der Waals surface area contributed by atoms with E-state index in [9.17, 15) is 0 Å². The number of aromatic nitrogens is 2. The van der Waals surface area contributed by atoms with E-state index < -0.39 is 0 Å². The van der Waals surface area contributed by atoms with Crippen LogP contribution < -0.4 is 5.73 Å². The molecule has 2 atom stereocenters. The van der Waals surface area contributed by atoms with Gasteiger partial charge in [-0.05, 0) is 26.3 Å². The molecule has 0 spiro atoms. The van der Waals surface area contributed by atoms with Crippen molar-refractivity contribution in [3.63, 3.8) is 0 Å². The molecular weight excluding hydrogens is 202 g/mol. The van der Waals surface area contributed by atoms with Gasteiger partial charge in [0.2, 0.25) is 0 Å². The van der Waals surface area contributed by atoms with Crippen molar-refractivity contribution < 1.29 is 4.74 Å². The highest BCUT2D eigenvalue weighted by atomic mass is 16.5. The SMILES string of the molecule is CCCC(OCC)C(N)c1ccnn1CC. The van der Waals surface area contributed by atoms with Crippen molar-refractivity contribution in [3.05, 3.63) is 18.0 Å². The number of hydrogen-bond acceptors (Lipinski definition) is 3. The Labute approximate surface area is 97.8 Å². The summed E-state index contributed by atoms with van der Waals surface area (Å²) in [6.45, 7) is 7.78. The van der Waals surface area contributed by atoms with Crippen molar-refractivity contribution in [1.29, 1.82) is 0 Å². The number of hydrogen-bond donors (Lipinski definition) is 1. The molecule has 0 aromatic carbocycles. The third-order valence-corrected chi connectivity index (χ3v) is 2.74. The second-order valence-electron chi connectivity index (χ2n) is 3.88. The molecule has 0 radical (unpaired) electrons. The molecule has 1 aromatic heterocycles. The fourth-order valence-corrected chi connectivity index (χ4v) is 1.95. The van der Waals surface area contributed by atoms with Crippen LogP contribution in [0.3, 0.4) is 0 Å². The van der Waals surface area contributed by atoms with E-state index >= 15 is 0 Å². The molecule has 16 heavy (non-hydrogen) atoms. The van der Waals surface area contributed by atoms with Crippen molar-refractivity contribution in [3.8, 4) is 0 Å². The lowest BCUT2D eigenvalue weighted by atomic mass is 10.0. The molecule has 1 heterocycles. The fraction of sp³-hybridized carbons (Fsp3) is 0.750. The first kappa shape index (κ1) is 13.2. The monoisotopic (exact) mass is 225 g/mol. The zero-order chi connectivity index (χ0) is 12.0. The molecule has 0 fully saturated rings. The average molecular weight is 225 g/mol. The van der Waals surface area contributed by atoms with E-state index in [2.05, 4.69) is 18.9 Å². The Balaban J connectivity index is 2.76. The smallest absolute Gasteiger partial charge is 0.0782 e. The van der Waals surface area contributed by atoms with Gasteiger partial charge in [0.15, 0.2) is 0 Å². The van der Waals surface area contributed by atoms with Crippen molar-refractivity contribution in [2.24, 2.45) is 5.73 Å². The van der Waals surface area contributed by atoms with Gasteiger partial charge < -0.3 is 10.5 Å². The molecular formula is C12H23N3O. The molecule has 2 N–H and O–H groups in total. The van der Waals surface area contributed by atoms with E-state index in [1.807, 2.05) is 17.7 Å². The third kappa shape index (κ3) is 3.06. The molecule has 0 amide bonds. The molecule has 0 saturated heterocycles. The molecule has 1 aromatic rings. The van der Waals surface area contributed by atoms with Gasteiger partial charge in [-0.3, -0.25) is 4.68 Å². The third-order valence-electron chi connectivity index (χ3n) is 2.74. The highest BCUT2D eigenvalue weighted by Gasteiger charge is 2.21. The van der Waals surface area contributed by atoms with Crippen molar-refractivity contribution in [2.45, 2.75) is 52.3 Å². The largest absolute Gasteiger partial charge is 0.376 e. The van der Waals surface area contributed by atoms with E-state index in [1.54, 1.807) is 6.20 Å². The van der Waals surface area contributed by atoms with Crippen molar-refractivity contribution >= 4 is 0 Å². The maximum atomic E-state index is 6.25. The summed E-state index contributed by atoms with van der Waals surface area (Å²) in [6, 6.07) is 1.90. The van der Waals surface area contributed by atoms with Crippen LogP contribution in [0.15, 0.2) is 12.3 Å². The Morgan fingerprint density at radius 3 is 2.75 bits per heavy atom. The maximum absolute atomic E-state index is 6.25. The Kier molecular flexibility index (Phi) is 5.49. The first-order chi connectivity index (χ1) is 7.74. The van der Waals surface area contributed by atoms with Crippen LogP contribution in [0.2, 0.25) is 0 Å². The van der Waals surface area contributed by atoms with Crippen LogP contribution in [0, 0.1) is 0 Å². The minimum atomic E-state index is -0.0812. The first-order valence-corrected chi connectivity index (χ1v) is 6.13. The lowest BCUT2D eigenvalue weighted by Gasteiger charge is -2.24. The summed E-state index contributed by atoms with van der Waals surface area (Å²) in [5.41, 5.74) is 7.31. The summed E-state index contributed by atoms with van der Waals surface area (Å²) < 4.78 is 7.64. The molecule has 2 unspecified atom stereocenters. The van der Waals surface area contributed by atoms with E-state index in [-0.39, 0.29) is 12.1 Å². The lowest BCUT2D eigenvalue weighted by Crippen LogP contribution is -2.31. The van der Waals surface area contributed by atoms with Crippen molar-refractivity contribution in [2.75, 3.05) is 6.61 Å². The summed E-state index contributed by atoms with van der Waals surface area (Å²) in [6.07, 6.45) is 3.97. The Morgan fingerprint density at radius 2 is 2.19 bits per heavy atom. The van der Waals surface area contributed by atoms with Gasteiger partial charge in [0.1, 0.15) is 0 Å². The zero-order valence-electron chi connectivity index (χ0n) is 10.5. The van der Waals surface area contributed by atoms with Crippen LogP contribution in [0.1, 0.15) is 45.3 Å². The summed E-state index contributed by atoms with van der Waals surface area (Å²) in [7, 11) is 0. The lowest BCUT2D eigenvalue weighted by molar-refractivity contribution is 0.0355. The van der Waals surface area contributed by atoms with Gasteiger partial charge in [-0.25, -0.2) is 0 Å². The first-order valence-electron chi connectivity index (χ1n) is 6.13. The van der Waals surface area contributed by atoms with Crippen LogP contribution >= 0.6 is 0 Å². The van der Waals surface area contributed by atoms with Crippen LogP contribution in [-0.2, 0) is 11.3 Å². The molecule has 0 aliphatic rings. The second-order valence-corrected chi connectivity index (χ2v) is 3.88. The standard InChI is InChI=1S/C12H23N3O/c1-4-7-11(16-6-3)12(13)10-8-9-14-15(10)5-2/h8-9,11-12H,4-7,13H2,1-3H3. The topological polar surface area (TPSA) is 53.1 Å². The predicted molar refractivity (Wildman–Crippen MR) is 65.2 cm³/mol. The second kappa shape index (κ2) is 6.66. The summed E-state index contributed by atoms with van der Waals surface area (Å²) in [5.74, 6) is 0. The quantitative estimate of drug-likeness (QED) is 0.773. The predicted octanol–water partition coefficient (Wildman–Crippen LogP) is 2.11. The van der Waals surface area contributed by atoms with Gasteiger partial charge >= 0.3 is 0 Å². The Bertz CT molecular complexity index is 292. The number of ether oxygens (including phenoxy) is 1. The van der Waals surface area contributed by atoms with E-state index in [0.29, 0.717) is 6.61 Å². The minimum absolute atomic E-state index is 0.0812. The van der Waals surface area contributed by atoms with Crippen LogP contribution in [-0.4, -0.2) is 22.5 Å². The minimum Gasteiger partial charge on any atom is -0.376 e. The number of aryl methyl sites for hydroxylation is 1. The van der Waals surface area contributed by atoms with Crippen LogP contribution in [0.5, 0.6) is 0 Å². The number of nitrogens with zero attached hydrogens (tertiary/aromatic N) is 2. The van der Waals surface area contributed by atoms with Crippen LogP contribution in [0.4, 0.5) is 0 Å². The van der Waals surface area contributed by atoms with E-state index in [1.165, 1.54) is 0 Å². The molecule has 92 valence electrons. The summed E-state index contributed by atoms with van der Waals surface area (Å²) >= 11 is 0. The van der Waals surface area contributed by atoms with Crippen molar-refractivity contribution in [1.82, 2.24) is 9.78 Å². The van der Waals surface area contributed by atoms with Gasteiger partial charge in [0.25, 0.3) is 0 Å². The van der Waals surface area contributed by atoms with Gasteiger partial charge in [-0.2, -0.15) is 5.10 Å². The fourth-order valence-electron chi connectivity index (χ4n) is 1.95. The molecule has 0 aliphatic carbocycles.